The summed E-state index contributed by atoms with van der Waals surface area (Å²) in [5.41, 5.74) is 0. The molecule has 0 saturated carbocycles. The lowest BCUT2D eigenvalue weighted by Gasteiger charge is -2.30. The topological polar surface area (TPSA) is 32.8 Å². The van der Waals surface area contributed by atoms with Crippen LogP contribution in [0.1, 0.15) is 33.6 Å². The predicted molar refractivity (Wildman–Crippen MR) is 82.7 cm³/mol. The summed E-state index contributed by atoms with van der Waals surface area (Å²) in [5.74, 6) is 0.824. The zero-order valence-corrected chi connectivity index (χ0v) is 13.3. The largest absolute Gasteiger partial charge is 0.379 e. The fourth-order valence-corrected chi connectivity index (χ4v) is 2.58. The first-order chi connectivity index (χ1) is 9.75. The summed E-state index contributed by atoms with van der Waals surface area (Å²) in [6.45, 7) is 12.5. The van der Waals surface area contributed by atoms with Gasteiger partial charge >= 0.3 is 0 Å². The molecule has 0 N–H and O–H groups in total. The van der Waals surface area contributed by atoms with Gasteiger partial charge in [0, 0.05) is 38.8 Å². The molecule has 4 nitrogen and oxygen atoms in total. The molecule has 0 aromatic carbocycles. The quantitative estimate of drug-likeness (QED) is 0.744. The smallest absolute Gasteiger partial charge is 0.246 e. The zero-order chi connectivity index (χ0) is 14.8. The minimum atomic E-state index is 0.176. The Hall–Kier alpha value is -0.870. The minimum absolute atomic E-state index is 0.176. The van der Waals surface area contributed by atoms with Crippen LogP contribution >= 0.6 is 0 Å². The Kier molecular flexibility index (Phi) is 8.54. The van der Waals surface area contributed by atoms with E-state index in [0.29, 0.717) is 5.92 Å². The third kappa shape index (κ3) is 6.06. The molecule has 0 spiro atoms. The minimum Gasteiger partial charge on any atom is -0.379 e. The zero-order valence-electron chi connectivity index (χ0n) is 13.3. The molecule has 4 heteroatoms. The lowest BCUT2D eigenvalue weighted by molar-refractivity contribution is -0.127. The summed E-state index contributed by atoms with van der Waals surface area (Å²) in [6.07, 6.45) is 6.13. The van der Waals surface area contributed by atoms with Crippen LogP contribution in [0.3, 0.4) is 0 Å². The highest BCUT2D eigenvalue weighted by Gasteiger charge is 2.19. The van der Waals surface area contributed by atoms with Gasteiger partial charge in [-0.15, -0.1) is 0 Å². The molecule has 116 valence electrons. The summed E-state index contributed by atoms with van der Waals surface area (Å²) in [7, 11) is 0. The van der Waals surface area contributed by atoms with E-state index >= 15 is 0 Å². The molecule has 0 aromatic heterocycles. The van der Waals surface area contributed by atoms with Gasteiger partial charge in [-0.3, -0.25) is 9.69 Å². The van der Waals surface area contributed by atoms with E-state index in [0.717, 1.165) is 52.4 Å². The maximum atomic E-state index is 12.0. The number of carbonyl (C=O) groups excluding carboxylic acids is 1. The number of hydrogen-bond acceptors (Lipinski definition) is 3. The molecule has 0 radical (unpaired) electrons. The molecule has 2 aliphatic heterocycles. The number of amides is 1. The molecule has 2 fully saturated rings. The molecule has 2 rings (SSSR count). The maximum absolute atomic E-state index is 12.0. The van der Waals surface area contributed by atoms with E-state index in [1.54, 1.807) is 6.08 Å². The standard InChI is InChI=1S/C14H24N2O2.C2H6/c1-13-4-2-7-16(12-13)14(17)5-3-6-15-8-10-18-11-9-15;1-2/h3,5,13H,2,4,6-12H2,1H3;1-2H3/b5-3+;. The third-order valence-electron chi connectivity index (χ3n) is 3.70. The number of likely N-dealkylation sites (tertiary alicyclic amines) is 1. The normalized spacial score (nSPS) is 24.4. The Labute approximate surface area is 123 Å². The molecule has 2 aliphatic rings. The monoisotopic (exact) mass is 282 g/mol. The molecule has 0 aliphatic carbocycles. The van der Waals surface area contributed by atoms with Gasteiger partial charge < -0.3 is 9.64 Å². The Morgan fingerprint density at radius 1 is 1.25 bits per heavy atom. The first-order valence-corrected chi connectivity index (χ1v) is 8.01. The summed E-state index contributed by atoms with van der Waals surface area (Å²) in [5, 5.41) is 0. The van der Waals surface area contributed by atoms with Crippen LogP contribution < -0.4 is 0 Å². The molecular formula is C16H30N2O2. The van der Waals surface area contributed by atoms with Gasteiger partial charge in [0.05, 0.1) is 13.2 Å². The van der Waals surface area contributed by atoms with E-state index < -0.39 is 0 Å². The van der Waals surface area contributed by atoms with Gasteiger partial charge in [0.1, 0.15) is 0 Å². The number of carbonyl (C=O) groups is 1. The van der Waals surface area contributed by atoms with Crippen molar-refractivity contribution in [1.29, 1.82) is 0 Å². The van der Waals surface area contributed by atoms with Crippen LogP contribution in [-0.2, 0) is 9.53 Å². The molecule has 2 heterocycles. The highest BCUT2D eigenvalue weighted by molar-refractivity contribution is 5.87. The van der Waals surface area contributed by atoms with Crippen LogP contribution in [0.2, 0.25) is 0 Å². The second-order valence-corrected chi connectivity index (χ2v) is 5.35. The number of nitrogens with zero attached hydrogens (tertiary/aromatic N) is 2. The van der Waals surface area contributed by atoms with Gasteiger partial charge in [-0.2, -0.15) is 0 Å². The van der Waals surface area contributed by atoms with Crippen molar-refractivity contribution in [2.45, 2.75) is 33.6 Å². The van der Waals surface area contributed by atoms with Crippen molar-refractivity contribution in [3.8, 4) is 0 Å². The second kappa shape index (κ2) is 9.94. The number of ether oxygens (including phenoxy) is 1. The summed E-state index contributed by atoms with van der Waals surface area (Å²) in [6, 6.07) is 0. The van der Waals surface area contributed by atoms with Crippen molar-refractivity contribution in [3.05, 3.63) is 12.2 Å². The van der Waals surface area contributed by atoms with Crippen molar-refractivity contribution in [3.63, 3.8) is 0 Å². The molecule has 1 amide bonds. The molecule has 0 aromatic rings. The first-order valence-electron chi connectivity index (χ1n) is 8.01. The molecule has 20 heavy (non-hydrogen) atoms. The Morgan fingerprint density at radius 2 is 1.95 bits per heavy atom. The fraction of sp³-hybridized carbons (Fsp3) is 0.812. The summed E-state index contributed by atoms with van der Waals surface area (Å²) in [4.78, 5) is 16.3. The lowest BCUT2D eigenvalue weighted by atomic mass is 10.0. The Balaban J connectivity index is 0.000000956. The van der Waals surface area contributed by atoms with Crippen molar-refractivity contribution in [2.75, 3.05) is 45.9 Å². The van der Waals surface area contributed by atoms with Crippen molar-refractivity contribution >= 4 is 5.91 Å². The Morgan fingerprint density at radius 3 is 2.60 bits per heavy atom. The van der Waals surface area contributed by atoms with Crippen molar-refractivity contribution < 1.29 is 9.53 Å². The molecule has 0 bridgehead atoms. The second-order valence-electron chi connectivity index (χ2n) is 5.35. The summed E-state index contributed by atoms with van der Waals surface area (Å²) >= 11 is 0. The molecule has 2 saturated heterocycles. The average molecular weight is 282 g/mol. The van der Waals surface area contributed by atoms with Crippen LogP contribution in [0.25, 0.3) is 0 Å². The number of morpholine rings is 1. The predicted octanol–water partition coefficient (Wildman–Crippen LogP) is 2.16. The molecular weight excluding hydrogens is 252 g/mol. The van der Waals surface area contributed by atoms with Gasteiger partial charge in [-0.05, 0) is 18.8 Å². The van der Waals surface area contributed by atoms with Crippen LogP contribution in [0.5, 0.6) is 0 Å². The Bertz CT molecular complexity index is 299. The van der Waals surface area contributed by atoms with E-state index in [4.69, 9.17) is 4.74 Å². The fourth-order valence-electron chi connectivity index (χ4n) is 2.58. The van der Waals surface area contributed by atoms with Crippen LogP contribution in [0.4, 0.5) is 0 Å². The van der Waals surface area contributed by atoms with E-state index in [-0.39, 0.29) is 5.91 Å². The highest BCUT2D eigenvalue weighted by Crippen LogP contribution is 2.15. The van der Waals surface area contributed by atoms with Crippen LogP contribution in [0, 0.1) is 5.92 Å². The van der Waals surface area contributed by atoms with Gasteiger partial charge in [-0.25, -0.2) is 0 Å². The number of piperidine rings is 1. The van der Waals surface area contributed by atoms with Gasteiger partial charge in [0.15, 0.2) is 0 Å². The van der Waals surface area contributed by atoms with Gasteiger partial charge in [0.25, 0.3) is 0 Å². The van der Waals surface area contributed by atoms with Crippen molar-refractivity contribution in [1.82, 2.24) is 9.80 Å². The third-order valence-corrected chi connectivity index (χ3v) is 3.70. The molecule has 1 atom stereocenters. The SMILES string of the molecule is CC.CC1CCCN(C(=O)/C=C/CN2CCOCC2)C1. The van der Waals surface area contributed by atoms with Crippen LogP contribution in [-0.4, -0.2) is 61.6 Å². The highest BCUT2D eigenvalue weighted by atomic mass is 16.5. The van der Waals surface area contributed by atoms with E-state index in [2.05, 4.69) is 11.8 Å². The first kappa shape index (κ1) is 17.2. The number of hydrogen-bond donors (Lipinski definition) is 0. The van der Waals surface area contributed by atoms with E-state index in [9.17, 15) is 4.79 Å². The van der Waals surface area contributed by atoms with Gasteiger partial charge in [-0.1, -0.05) is 26.8 Å². The van der Waals surface area contributed by atoms with E-state index in [1.807, 2.05) is 24.8 Å². The molecule has 1 unspecified atom stereocenters. The maximum Gasteiger partial charge on any atom is 0.246 e. The average Bonchev–Trinajstić information content (AvgIpc) is 2.50. The van der Waals surface area contributed by atoms with Crippen molar-refractivity contribution in [2.24, 2.45) is 5.92 Å². The number of rotatable bonds is 3. The lowest BCUT2D eigenvalue weighted by Crippen LogP contribution is -2.38. The van der Waals surface area contributed by atoms with Gasteiger partial charge in [0.2, 0.25) is 5.91 Å². The summed E-state index contributed by atoms with van der Waals surface area (Å²) < 4.78 is 5.29. The van der Waals surface area contributed by atoms with E-state index in [1.165, 1.54) is 6.42 Å². The van der Waals surface area contributed by atoms with Crippen LogP contribution in [0.15, 0.2) is 12.2 Å².